The predicted octanol–water partition coefficient (Wildman–Crippen LogP) is 6.14. The van der Waals surface area contributed by atoms with Crippen molar-refractivity contribution >= 4 is 47.1 Å². The maximum absolute atomic E-state index is 12.0. The summed E-state index contributed by atoms with van der Waals surface area (Å²) in [6.07, 6.45) is 8.34. The summed E-state index contributed by atoms with van der Waals surface area (Å²) in [5.41, 5.74) is 2.54. The third-order valence-electron chi connectivity index (χ3n) is 4.25. The number of Topliss-reactive ketones (excluding diaryl/α,β-unsaturated/α-hetero) is 1. The van der Waals surface area contributed by atoms with Gasteiger partial charge in [0.25, 0.3) is 0 Å². The lowest BCUT2D eigenvalue weighted by Crippen LogP contribution is -2.08. The minimum atomic E-state index is -0.491. The van der Waals surface area contributed by atoms with Crippen LogP contribution >= 0.6 is 23.2 Å². The van der Waals surface area contributed by atoms with Crippen molar-refractivity contribution < 1.29 is 14.3 Å². The van der Waals surface area contributed by atoms with Crippen LogP contribution < -0.4 is 4.74 Å². The van der Waals surface area contributed by atoms with Gasteiger partial charge in [0.15, 0.2) is 5.78 Å². The van der Waals surface area contributed by atoms with Crippen LogP contribution in [0.2, 0.25) is 10.0 Å². The molecule has 138 valence electrons. The molecule has 3 nitrogen and oxygen atoms in total. The van der Waals surface area contributed by atoms with E-state index in [0.29, 0.717) is 22.2 Å². The molecule has 5 heteroatoms. The molecule has 0 heterocycles. The van der Waals surface area contributed by atoms with Crippen LogP contribution in [0.15, 0.2) is 54.1 Å². The van der Waals surface area contributed by atoms with Gasteiger partial charge in [0, 0.05) is 12.5 Å². The van der Waals surface area contributed by atoms with E-state index in [0.717, 1.165) is 36.0 Å². The molecule has 1 aliphatic rings. The molecule has 0 N–H and O–H groups in total. The minimum Gasteiger partial charge on any atom is -0.423 e. The second-order valence-electron chi connectivity index (χ2n) is 6.30. The molecule has 1 saturated carbocycles. The van der Waals surface area contributed by atoms with Crippen LogP contribution in [0.5, 0.6) is 5.75 Å². The van der Waals surface area contributed by atoms with Gasteiger partial charge in [-0.25, -0.2) is 4.79 Å². The van der Waals surface area contributed by atoms with Gasteiger partial charge in [-0.15, -0.1) is 0 Å². The van der Waals surface area contributed by atoms with E-state index in [9.17, 15) is 9.59 Å². The maximum Gasteiger partial charge on any atom is 0.336 e. The third kappa shape index (κ3) is 5.56. The normalized spacial score (nSPS) is 16.1. The fraction of sp³-hybridized carbons (Fsp3) is 0.182. The molecule has 1 aliphatic carbocycles. The van der Waals surface area contributed by atoms with Crippen molar-refractivity contribution in [2.24, 2.45) is 0 Å². The number of carbonyl (C=O) groups is 2. The first kappa shape index (κ1) is 19.4. The topological polar surface area (TPSA) is 43.4 Å². The van der Waals surface area contributed by atoms with Gasteiger partial charge < -0.3 is 4.74 Å². The summed E-state index contributed by atoms with van der Waals surface area (Å²) in [4.78, 5) is 23.8. The van der Waals surface area contributed by atoms with Gasteiger partial charge in [-0.2, -0.15) is 0 Å². The lowest BCUT2D eigenvalue weighted by molar-refractivity contribution is -0.128. The number of allylic oxidation sites excluding steroid dienone is 1. The molecule has 0 aliphatic heterocycles. The van der Waals surface area contributed by atoms with E-state index in [1.54, 1.807) is 36.4 Å². The number of hydrogen-bond donors (Lipinski definition) is 0. The monoisotopic (exact) mass is 400 g/mol. The molecule has 0 atom stereocenters. The molecule has 0 aromatic heterocycles. The summed E-state index contributed by atoms with van der Waals surface area (Å²) in [7, 11) is 0. The maximum atomic E-state index is 12.0. The van der Waals surface area contributed by atoms with E-state index in [1.165, 1.54) is 6.08 Å². The van der Waals surface area contributed by atoms with Crippen LogP contribution in [0.25, 0.3) is 12.2 Å². The van der Waals surface area contributed by atoms with Crippen molar-refractivity contribution in [3.05, 3.63) is 75.3 Å². The molecular formula is C22H18Cl2O3. The zero-order chi connectivity index (χ0) is 19.2. The Bertz CT molecular complexity index is 912. The van der Waals surface area contributed by atoms with E-state index < -0.39 is 5.97 Å². The molecule has 0 unspecified atom stereocenters. The number of ether oxygens (including phenoxy) is 1. The van der Waals surface area contributed by atoms with Crippen molar-refractivity contribution in [2.45, 2.75) is 25.7 Å². The summed E-state index contributed by atoms with van der Waals surface area (Å²) in [5, 5.41) is 0.884. The van der Waals surface area contributed by atoms with Crippen molar-refractivity contribution in [2.75, 3.05) is 0 Å². The number of hydrogen-bond acceptors (Lipinski definition) is 3. The standard InChI is InChI=1S/C22H18Cl2O3/c23-19-11-7-16(14-20(19)24)8-12-22(26)27-18-9-5-15(6-10-18)13-17-3-1-2-4-21(17)25/h5-14H,1-4H2/b12-8+,17-13-. The molecule has 3 rings (SSSR count). The highest BCUT2D eigenvalue weighted by atomic mass is 35.5. The van der Waals surface area contributed by atoms with Crippen LogP contribution in [-0.4, -0.2) is 11.8 Å². The zero-order valence-electron chi connectivity index (χ0n) is 14.6. The SMILES string of the molecule is O=C(/C=C/c1ccc(Cl)c(Cl)c1)Oc1ccc(/C=C2/CCCCC2=O)cc1. The van der Waals surface area contributed by atoms with Crippen LogP contribution in [0.1, 0.15) is 36.8 Å². The zero-order valence-corrected chi connectivity index (χ0v) is 16.1. The van der Waals surface area contributed by atoms with Crippen molar-refractivity contribution in [3.8, 4) is 5.75 Å². The van der Waals surface area contributed by atoms with Gasteiger partial charge in [-0.1, -0.05) is 41.4 Å². The summed E-state index contributed by atoms with van der Waals surface area (Å²) < 4.78 is 5.28. The van der Waals surface area contributed by atoms with Gasteiger partial charge in [-0.3, -0.25) is 4.79 Å². The fourth-order valence-electron chi connectivity index (χ4n) is 2.82. The Morgan fingerprint density at radius 1 is 0.926 bits per heavy atom. The van der Waals surface area contributed by atoms with Crippen LogP contribution in [-0.2, 0) is 9.59 Å². The highest BCUT2D eigenvalue weighted by Crippen LogP contribution is 2.24. The van der Waals surface area contributed by atoms with Gasteiger partial charge in [0.05, 0.1) is 10.0 Å². The lowest BCUT2D eigenvalue weighted by atomic mass is 9.92. The highest BCUT2D eigenvalue weighted by Gasteiger charge is 2.14. The molecule has 0 radical (unpaired) electrons. The first-order valence-corrected chi connectivity index (χ1v) is 9.45. The second kappa shape index (κ2) is 9.03. The van der Waals surface area contributed by atoms with Crippen LogP contribution in [0.4, 0.5) is 0 Å². The van der Waals surface area contributed by atoms with Gasteiger partial charge in [0.1, 0.15) is 5.75 Å². The highest BCUT2D eigenvalue weighted by molar-refractivity contribution is 6.42. The lowest BCUT2D eigenvalue weighted by Gasteiger charge is -2.12. The number of halogens is 2. The number of rotatable bonds is 4. The van der Waals surface area contributed by atoms with E-state index in [-0.39, 0.29) is 5.78 Å². The smallest absolute Gasteiger partial charge is 0.336 e. The molecule has 2 aromatic rings. The van der Waals surface area contributed by atoms with E-state index in [2.05, 4.69) is 0 Å². The molecular weight excluding hydrogens is 383 g/mol. The molecule has 2 aromatic carbocycles. The Balaban J connectivity index is 1.61. The Morgan fingerprint density at radius 2 is 1.63 bits per heavy atom. The number of carbonyl (C=O) groups excluding carboxylic acids is 2. The predicted molar refractivity (Wildman–Crippen MR) is 109 cm³/mol. The van der Waals surface area contributed by atoms with Gasteiger partial charge in [0.2, 0.25) is 0 Å². The average Bonchev–Trinajstić information content (AvgIpc) is 2.66. The number of ketones is 1. The van der Waals surface area contributed by atoms with Gasteiger partial charge >= 0.3 is 5.97 Å². The Labute approximate surface area is 168 Å². The quantitative estimate of drug-likeness (QED) is 0.351. The molecule has 0 spiro atoms. The molecule has 0 saturated heterocycles. The molecule has 27 heavy (non-hydrogen) atoms. The van der Waals surface area contributed by atoms with Crippen LogP contribution in [0, 0.1) is 0 Å². The van der Waals surface area contributed by atoms with E-state index in [1.807, 2.05) is 18.2 Å². The largest absolute Gasteiger partial charge is 0.423 e. The first-order chi connectivity index (χ1) is 13.0. The van der Waals surface area contributed by atoms with E-state index in [4.69, 9.17) is 27.9 Å². The van der Waals surface area contributed by atoms with Crippen molar-refractivity contribution in [3.63, 3.8) is 0 Å². The molecule has 0 bridgehead atoms. The summed E-state index contributed by atoms with van der Waals surface area (Å²) in [6.45, 7) is 0. The second-order valence-corrected chi connectivity index (χ2v) is 7.11. The Hall–Kier alpha value is -2.36. The average molecular weight is 401 g/mol. The number of esters is 1. The minimum absolute atomic E-state index is 0.226. The number of benzene rings is 2. The first-order valence-electron chi connectivity index (χ1n) is 8.70. The third-order valence-corrected chi connectivity index (χ3v) is 4.99. The van der Waals surface area contributed by atoms with Crippen LogP contribution in [0.3, 0.4) is 0 Å². The Kier molecular flexibility index (Phi) is 6.49. The molecule has 0 amide bonds. The van der Waals surface area contributed by atoms with E-state index >= 15 is 0 Å². The Morgan fingerprint density at radius 3 is 2.33 bits per heavy atom. The summed E-state index contributed by atoms with van der Waals surface area (Å²) in [6, 6.07) is 12.2. The van der Waals surface area contributed by atoms with Crippen molar-refractivity contribution in [1.29, 1.82) is 0 Å². The molecule has 1 fully saturated rings. The summed E-state index contributed by atoms with van der Waals surface area (Å²) >= 11 is 11.8. The summed E-state index contributed by atoms with van der Waals surface area (Å²) in [5.74, 6) is 0.176. The van der Waals surface area contributed by atoms with Crippen molar-refractivity contribution in [1.82, 2.24) is 0 Å². The van der Waals surface area contributed by atoms with Gasteiger partial charge in [-0.05, 0) is 72.4 Å². The fourth-order valence-corrected chi connectivity index (χ4v) is 3.12.